The minimum Gasteiger partial charge on any atom is -0.327 e. The van der Waals surface area contributed by atoms with Gasteiger partial charge in [-0.05, 0) is 12.3 Å². The van der Waals surface area contributed by atoms with E-state index in [1.54, 1.807) is 0 Å². The molecule has 11 heavy (non-hydrogen) atoms. The molecule has 1 atom stereocenters. The van der Waals surface area contributed by atoms with Gasteiger partial charge in [0.1, 0.15) is 0 Å². The van der Waals surface area contributed by atoms with E-state index in [1.165, 1.54) is 24.8 Å². The van der Waals surface area contributed by atoms with Crippen LogP contribution in [-0.4, -0.2) is 6.54 Å². The third kappa shape index (κ3) is 5.02. The fraction of sp³-hybridized carbons (Fsp3) is 0.800. The van der Waals surface area contributed by atoms with Gasteiger partial charge in [-0.1, -0.05) is 45.3 Å². The normalized spacial score (nSPS) is 13.0. The fourth-order valence-corrected chi connectivity index (χ4v) is 1.35. The van der Waals surface area contributed by atoms with Gasteiger partial charge in [0, 0.05) is 6.54 Å². The van der Waals surface area contributed by atoms with Crippen molar-refractivity contribution in [2.24, 2.45) is 11.7 Å². The molecule has 0 heterocycles. The first-order chi connectivity index (χ1) is 5.24. The van der Waals surface area contributed by atoms with Gasteiger partial charge in [0.25, 0.3) is 0 Å². The first kappa shape index (κ1) is 10.7. The van der Waals surface area contributed by atoms with E-state index < -0.39 is 0 Å². The molecule has 0 fully saturated rings. The van der Waals surface area contributed by atoms with E-state index in [0.29, 0.717) is 6.54 Å². The van der Waals surface area contributed by atoms with Gasteiger partial charge in [0.2, 0.25) is 0 Å². The Morgan fingerprint density at radius 3 is 2.45 bits per heavy atom. The summed E-state index contributed by atoms with van der Waals surface area (Å²) in [6.07, 6.45) is 4.97. The monoisotopic (exact) mass is 155 g/mol. The lowest BCUT2D eigenvalue weighted by atomic mass is 9.93. The number of hydrogen-bond donors (Lipinski definition) is 1. The van der Waals surface area contributed by atoms with Gasteiger partial charge < -0.3 is 5.73 Å². The number of rotatable bonds is 6. The van der Waals surface area contributed by atoms with Crippen molar-refractivity contribution in [2.45, 2.75) is 39.5 Å². The van der Waals surface area contributed by atoms with Crippen molar-refractivity contribution < 1.29 is 0 Å². The van der Waals surface area contributed by atoms with Gasteiger partial charge in [-0.2, -0.15) is 0 Å². The molecule has 0 aliphatic heterocycles. The maximum absolute atomic E-state index is 5.47. The Morgan fingerprint density at radius 1 is 1.45 bits per heavy atom. The Morgan fingerprint density at radius 2 is 2.09 bits per heavy atom. The van der Waals surface area contributed by atoms with Crippen LogP contribution in [0.4, 0.5) is 0 Å². The third-order valence-electron chi connectivity index (χ3n) is 2.14. The van der Waals surface area contributed by atoms with Crippen molar-refractivity contribution in [1.82, 2.24) is 0 Å². The molecule has 0 radical (unpaired) electrons. The van der Waals surface area contributed by atoms with Crippen molar-refractivity contribution >= 4 is 0 Å². The van der Waals surface area contributed by atoms with Crippen LogP contribution in [0, 0.1) is 5.92 Å². The average molecular weight is 155 g/mol. The Labute approximate surface area is 70.7 Å². The van der Waals surface area contributed by atoms with Crippen LogP contribution in [0.15, 0.2) is 12.2 Å². The first-order valence-electron chi connectivity index (χ1n) is 4.61. The summed E-state index contributed by atoms with van der Waals surface area (Å²) in [7, 11) is 0. The van der Waals surface area contributed by atoms with Crippen LogP contribution >= 0.6 is 0 Å². The van der Waals surface area contributed by atoms with Crippen molar-refractivity contribution in [2.75, 3.05) is 6.54 Å². The Balaban J connectivity index is 3.58. The van der Waals surface area contributed by atoms with Crippen molar-refractivity contribution in [3.05, 3.63) is 12.2 Å². The van der Waals surface area contributed by atoms with Crippen molar-refractivity contribution in [3.63, 3.8) is 0 Å². The minimum absolute atomic E-state index is 0.653. The van der Waals surface area contributed by atoms with Crippen molar-refractivity contribution in [3.8, 4) is 0 Å². The molecule has 1 heteroatoms. The zero-order chi connectivity index (χ0) is 8.69. The predicted molar refractivity (Wildman–Crippen MR) is 51.5 cm³/mol. The SMILES string of the molecule is C=C(CN)C[C@H](CC)CCC. The second-order valence-electron chi connectivity index (χ2n) is 3.22. The molecule has 0 bridgehead atoms. The zero-order valence-electron chi connectivity index (χ0n) is 7.90. The summed E-state index contributed by atoms with van der Waals surface area (Å²) in [6.45, 7) is 9.04. The summed E-state index contributed by atoms with van der Waals surface area (Å²) < 4.78 is 0. The Bertz CT molecular complexity index is 107. The topological polar surface area (TPSA) is 26.0 Å². The van der Waals surface area contributed by atoms with E-state index >= 15 is 0 Å². The van der Waals surface area contributed by atoms with E-state index in [1.807, 2.05) is 0 Å². The maximum atomic E-state index is 5.47. The predicted octanol–water partition coefficient (Wildman–Crippen LogP) is 2.72. The van der Waals surface area contributed by atoms with Crippen molar-refractivity contribution in [1.29, 1.82) is 0 Å². The molecule has 2 N–H and O–H groups in total. The first-order valence-corrected chi connectivity index (χ1v) is 4.61. The van der Waals surface area contributed by atoms with Gasteiger partial charge >= 0.3 is 0 Å². The molecule has 0 aromatic carbocycles. The molecule has 0 unspecified atom stereocenters. The molecular weight excluding hydrogens is 134 g/mol. The molecule has 0 aromatic rings. The molecular formula is C10H21N. The van der Waals surface area contributed by atoms with Crippen LogP contribution in [-0.2, 0) is 0 Å². The van der Waals surface area contributed by atoms with Crippen LogP contribution in [0.25, 0.3) is 0 Å². The molecule has 0 saturated carbocycles. The third-order valence-corrected chi connectivity index (χ3v) is 2.14. The fourth-order valence-electron chi connectivity index (χ4n) is 1.35. The lowest BCUT2D eigenvalue weighted by Gasteiger charge is -2.13. The van der Waals surface area contributed by atoms with Crippen LogP contribution in [0.3, 0.4) is 0 Å². The number of nitrogens with two attached hydrogens (primary N) is 1. The molecule has 0 aliphatic carbocycles. The summed E-state index contributed by atoms with van der Waals surface area (Å²) in [5, 5.41) is 0. The van der Waals surface area contributed by atoms with Gasteiger partial charge in [0.05, 0.1) is 0 Å². The standard InChI is InChI=1S/C10H21N/c1-4-6-10(5-2)7-9(3)8-11/h10H,3-8,11H2,1-2H3/t10-/m1/s1. The summed E-state index contributed by atoms with van der Waals surface area (Å²) >= 11 is 0. The van der Waals surface area contributed by atoms with Gasteiger partial charge in [0.15, 0.2) is 0 Å². The number of hydrogen-bond acceptors (Lipinski definition) is 1. The van der Waals surface area contributed by atoms with Gasteiger partial charge in [-0.15, -0.1) is 0 Å². The quantitative estimate of drug-likeness (QED) is 0.586. The highest BCUT2D eigenvalue weighted by Gasteiger charge is 2.05. The molecule has 0 saturated heterocycles. The smallest absolute Gasteiger partial charge is 0.0134 e. The molecule has 0 spiro atoms. The molecule has 0 aromatic heterocycles. The van der Waals surface area contributed by atoms with Gasteiger partial charge in [-0.3, -0.25) is 0 Å². The second kappa shape index (κ2) is 6.41. The lowest BCUT2D eigenvalue weighted by molar-refractivity contribution is 0.459. The summed E-state index contributed by atoms with van der Waals surface area (Å²) in [5.74, 6) is 0.816. The zero-order valence-corrected chi connectivity index (χ0v) is 7.90. The summed E-state index contributed by atoms with van der Waals surface area (Å²) in [5.41, 5.74) is 6.67. The van der Waals surface area contributed by atoms with Crippen LogP contribution in [0.2, 0.25) is 0 Å². The van der Waals surface area contributed by atoms with E-state index in [9.17, 15) is 0 Å². The summed E-state index contributed by atoms with van der Waals surface area (Å²) in [4.78, 5) is 0. The minimum atomic E-state index is 0.653. The second-order valence-corrected chi connectivity index (χ2v) is 3.22. The van der Waals surface area contributed by atoms with E-state index in [2.05, 4.69) is 20.4 Å². The highest BCUT2D eigenvalue weighted by atomic mass is 14.5. The molecule has 1 nitrogen and oxygen atoms in total. The van der Waals surface area contributed by atoms with Crippen LogP contribution < -0.4 is 5.73 Å². The lowest BCUT2D eigenvalue weighted by Crippen LogP contribution is -2.07. The average Bonchev–Trinajstić information content (AvgIpc) is 2.03. The highest BCUT2D eigenvalue weighted by molar-refractivity contribution is 4.96. The van der Waals surface area contributed by atoms with E-state index in [4.69, 9.17) is 5.73 Å². The van der Waals surface area contributed by atoms with E-state index in [0.717, 1.165) is 12.3 Å². The molecule has 0 amide bonds. The van der Waals surface area contributed by atoms with Gasteiger partial charge in [-0.25, -0.2) is 0 Å². The van der Waals surface area contributed by atoms with E-state index in [-0.39, 0.29) is 0 Å². The Kier molecular flexibility index (Phi) is 6.24. The van der Waals surface area contributed by atoms with Crippen LogP contribution in [0.5, 0.6) is 0 Å². The largest absolute Gasteiger partial charge is 0.327 e. The molecule has 0 aliphatic rings. The summed E-state index contributed by atoms with van der Waals surface area (Å²) in [6, 6.07) is 0. The molecule has 0 rings (SSSR count). The maximum Gasteiger partial charge on any atom is 0.0134 e. The Hall–Kier alpha value is -0.300. The van der Waals surface area contributed by atoms with Crippen LogP contribution in [0.1, 0.15) is 39.5 Å². The highest BCUT2D eigenvalue weighted by Crippen LogP contribution is 2.18. The molecule has 66 valence electrons.